The minimum absolute atomic E-state index is 0.0773. The Morgan fingerprint density at radius 2 is 1.59 bits per heavy atom. The van der Waals surface area contributed by atoms with Crippen molar-refractivity contribution in [3.8, 4) is 11.8 Å². The van der Waals surface area contributed by atoms with E-state index in [4.69, 9.17) is 19.6 Å². The van der Waals surface area contributed by atoms with E-state index < -0.39 is 32.0 Å². The fraction of sp³-hybridized carbons (Fsp3) is 0.733. The van der Waals surface area contributed by atoms with Gasteiger partial charge >= 0.3 is 15.2 Å². The van der Waals surface area contributed by atoms with Crippen molar-refractivity contribution in [2.45, 2.75) is 52.5 Å². The molecular weight excluding hydrogens is 398 g/mol. The summed E-state index contributed by atoms with van der Waals surface area (Å²) < 4.78 is 22.3. The van der Waals surface area contributed by atoms with Crippen LogP contribution in [0.1, 0.15) is 47.0 Å². The molecule has 1 unspecified atom stereocenters. The van der Waals surface area contributed by atoms with Crippen LogP contribution >= 0.6 is 15.2 Å². The molecule has 0 bridgehead atoms. The third-order valence-corrected chi connectivity index (χ3v) is 6.90. The lowest BCUT2D eigenvalue weighted by Gasteiger charge is -2.23. The SMILES string of the molecule is CCC(C)CC(=O)NCC#CC(C)(C)CC(=O)NC(P(=O)(O)O)P(=O)(O)O. The molecule has 0 aromatic carbocycles. The molecule has 0 heterocycles. The molecule has 27 heavy (non-hydrogen) atoms. The summed E-state index contributed by atoms with van der Waals surface area (Å²) in [6, 6.07) is 0. The van der Waals surface area contributed by atoms with Gasteiger partial charge in [0.05, 0.1) is 6.54 Å². The smallest absolute Gasteiger partial charge is 0.345 e. The monoisotopic (exact) mass is 426 g/mol. The predicted molar refractivity (Wildman–Crippen MR) is 99.3 cm³/mol. The molecule has 10 nitrogen and oxygen atoms in total. The van der Waals surface area contributed by atoms with Crippen LogP contribution in [0.4, 0.5) is 0 Å². The molecule has 0 rings (SSSR count). The van der Waals surface area contributed by atoms with Crippen LogP contribution in [0.2, 0.25) is 0 Å². The quantitative estimate of drug-likeness (QED) is 0.231. The van der Waals surface area contributed by atoms with Gasteiger partial charge in [-0.1, -0.05) is 32.1 Å². The van der Waals surface area contributed by atoms with Gasteiger partial charge in [0, 0.05) is 18.3 Å². The summed E-state index contributed by atoms with van der Waals surface area (Å²) in [5.74, 6) is 4.60. The van der Waals surface area contributed by atoms with Gasteiger partial charge in [-0.2, -0.15) is 0 Å². The average Bonchev–Trinajstić information content (AvgIpc) is 2.46. The third-order valence-electron chi connectivity index (χ3n) is 3.56. The molecule has 0 aliphatic heterocycles. The Bertz CT molecular complexity index is 664. The normalized spacial score (nSPS) is 13.5. The maximum Gasteiger partial charge on any atom is 0.360 e. The number of rotatable bonds is 9. The van der Waals surface area contributed by atoms with E-state index in [1.807, 2.05) is 13.8 Å². The number of hydrogen-bond donors (Lipinski definition) is 6. The number of carbonyl (C=O) groups is 2. The maximum absolute atomic E-state index is 11.9. The fourth-order valence-electron chi connectivity index (χ4n) is 1.96. The van der Waals surface area contributed by atoms with Crippen molar-refractivity contribution in [2.75, 3.05) is 6.54 Å². The molecule has 0 fully saturated rings. The van der Waals surface area contributed by atoms with Gasteiger partial charge in [-0.05, 0) is 19.8 Å². The number of hydrogen-bond acceptors (Lipinski definition) is 4. The Hall–Kier alpha value is -1.20. The van der Waals surface area contributed by atoms with Gasteiger partial charge in [-0.25, -0.2) is 0 Å². The molecule has 0 aliphatic rings. The molecule has 0 saturated heterocycles. The zero-order valence-electron chi connectivity index (χ0n) is 15.8. The third kappa shape index (κ3) is 11.3. The molecule has 2 amide bonds. The van der Waals surface area contributed by atoms with Crippen LogP contribution in [0.15, 0.2) is 0 Å². The molecule has 6 N–H and O–H groups in total. The van der Waals surface area contributed by atoms with Gasteiger partial charge in [-0.3, -0.25) is 18.7 Å². The summed E-state index contributed by atoms with van der Waals surface area (Å²) in [6.07, 6.45) is 0.916. The first-order valence-electron chi connectivity index (χ1n) is 8.25. The van der Waals surface area contributed by atoms with Crippen LogP contribution < -0.4 is 10.6 Å². The standard InChI is InChI=1S/C15H28N2O8P2/c1-5-11(2)9-12(18)16-8-6-7-15(3,4)10-13(19)17-14(26(20,21)22)27(23,24)25/h11,14H,5,8-10H2,1-4H3,(H,16,18)(H,17,19)(H2,20,21,22)(H2,23,24,25). The molecule has 0 aromatic rings. The summed E-state index contributed by atoms with van der Waals surface area (Å²) in [5, 5.41) is 4.31. The zero-order chi connectivity index (χ0) is 21.5. The van der Waals surface area contributed by atoms with E-state index in [1.54, 1.807) is 19.2 Å². The lowest BCUT2D eigenvalue weighted by atomic mass is 9.90. The topological polar surface area (TPSA) is 173 Å². The van der Waals surface area contributed by atoms with Crippen molar-refractivity contribution in [3.05, 3.63) is 0 Å². The highest BCUT2D eigenvalue weighted by Crippen LogP contribution is 2.58. The fourth-order valence-corrected chi connectivity index (χ4v) is 4.16. The van der Waals surface area contributed by atoms with Gasteiger partial charge in [0.25, 0.3) is 0 Å². The van der Waals surface area contributed by atoms with E-state index in [0.717, 1.165) is 6.42 Å². The molecule has 156 valence electrons. The van der Waals surface area contributed by atoms with Crippen LogP contribution in [0.5, 0.6) is 0 Å². The first-order chi connectivity index (χ1) is 12.1. The summed E-state index contributed by atoms with van der Waals surface area (Å²) in [6.45, 7) is 7.16. The van der Waals surface area contributed by atoms with Crippen molar-refractivity contribution in [1.82, 2.24) is 10.6 Å². The van der Waals surface area contributed by atoms with E-state index in [2.05, 4.69) is 17.2 Å². The number of carbonyl (C=O) groups excluding carboxylic acids is 2. The number of nitrogens with one attached hydrogen (secondary N) is 2. The summed E-state index contributed by atoms with van der Waals surface area (Å²) in [4.78, 5) is 59.6. The second kappa shape index (κ2) is 10.4. The predicted octanol–water partition coefficient (Wildman–Crippen LogP) is 0.714. The van der Waals surface area contributed by atoms with Crippen molar-refractivity contribution < 1.29 is 38.3 Å². The highest BCUT2D eigenvalue weighted by Gasteiger charge is 2.44. The lowest BCUT2D eigenvalue weighted by Crippen LogP contribution is -2.36. The van der Waals surface area contributed by atoms with Crippen molar-refractivity contribution in [2.24, 2.45) is 11.3 Å². The van der Waals surface area contributed by atoms with Crippen LogP contribution in [-0.2, 0) is 18.7 Å². The highest BCUT2D eigenvalue weighted by molar-refractivity contribution is 7.70. The van der Waals surface area contributed by atoms with Gasteiger partial charge in [0.15, 0.2) is 0 Å². The van der Waals surface area contributed by atoms with Gasteiger partial charge in [0.2, 0.25) is 17.3 Å². The molecule has 0 radical (unpaired) electrons. The Morgan fingerprint density at radius 1 is 1.07 bits per heavy atom. The summed E-state index contributed by atoms with van der Waals surface area (Å²) in [7, 11) is -10.5. The summed E-state index contributed by atoms with van der Waals surface area (Å²) >= 11 is 0. The molecule has 0 saturated carbocycles. The maximum atomic E-state index is 11.9. The van der Waals surface area contributed by atoms with Crippen molar-refractivity contribution in [1.29, 1.82) is 0 Å². The van der Waals surface area contributed by atoms with E-state index in [0.29, 0.717) is 6.42 Å². The van der Waals surface area contributed by atoms with E-state index in [1.165, 1.54) is 0 Å². The van der Waals surface area contributed by atoms with Crippen LogP contribution in [0.3, 0.4) is 0 Å². The Balaban J connectivity index is 4.75. The first kappa shape index (κ1) is 25.8. The molecule has 0 spiro atoms. The molecule has 0 aromatic heterocycles. The van der Waals surface area contributed by atoms with Gasteiger partial charge in [-0.15, -0.1) is 0 Å². The molecule has 0 aliphatic carbocycles. The Labute approximate surface area is 158 Å². The molecular formula is C15H28N2O8P2. The zero-order valence-corrected chi connectivity index (χ0v) is 17.6. The minimum atomic E-state index is -5.25. The largest absolute Gasteiger partial charge is 0.360 e. The highest BCUT2D eigenvalue weighted by atomic mass is 31.2. The van der Waals surface area contributed by atoms with E-state index in [-0.39, 0.29) is 24.8 Å². The Kier molecular flexibility index (Phi) is 9.91. The van der Waals surface area contributed by atoms with Crippen molar-refractivity contribution >= 4 is 27.0 Å². The van der Waals surface area contributed by atoms with Gasteiger partial charge < -0.3 is 30.2 Å². The number of amides is 2. The summed E-state index contributed by atoms with van der Waals surface area (Å²) in [5.41, 5.74) is -3.54. The minimum Gasteiger partial charge on any atom is -0.345 e. The molecule has 12 heteroatoms. The van der Waals surface area contributed by atoms with Crippen LogP contribution in [0.25, 0.3) is 0 Å². The average molecular weight is 426 g/mol. The molecule has 1 atom stereocenters. The van der Waals surface area contributed by atoms with Crippen LogP contribution in [0, 0.1) is 23.2 Å². The first-order valence-corrected chi connectivity index (χ1v) is 11.6. The van der Waals surface area contributed by atoms with Gasteiger partial charge in [0.1, 0.15) is 0 Å². The van der Waals surface area contributed by atoms with Crippen LogP contribution in [-0.4, -0.2) is 43.5 Å². The second-order valence-electron chi connectivity index (χ2n) is 6.98. The lowest BCUT2D eigenvalue weighted by molar-refractivity contribution is -0.123. The second-order valence-corrected chi connectivity index (χ2v) is 10.8. The van der Waals surface area contributed by atoms with Crippen molar-refractivity contribution in [3.63, 3.8) is 0 Å². The Morgan fingerprint density at radius 3 is 2.04 bits per heavy atom. The van der Waals surface area contributed by atoms with E-state index >= 15 is 0 Å². The van der Waals surface area contributed by atoms with E-state index in [9.17, 15) is 18.7 Å².